The van der Waals surface area contributed by atoms with Crippen molar-refractivity contribution in [1.29, 1.82) is 0 Å². The molecule has 3 rings (SSSR count). The number of hydrogen-bond acceptors (Lipinski definition) is 1. The molecule has 0 spiro atoms. The van der Waals surface area contributed by atoms with E-state index in [9.17, 15) is 4.39 Å². The van der Waals surface area contributed by atoms with E-state index in [1.54, 1.807) is 36.4 Å². The van der Waals surface area contributed by atoms with Crippen molar-refractivity contribution in [2.75, 3.05) is 0 Å². The molecule has 6 heteroatoms. The summed E-state index contributed by atoms with van der Waals surface area (Å²) in [6.07, 6.45) is 2.88. The Balaban J connectivity index is 2.14. The molecule has 0 bridgehead atoms. The Bertz CT molecular complexity index is 826. The molecule has 3 aromatic rings. The van der Waals surface area contributed by atoms with Crippen LogP contribution < -0.4 is 0 Å². The average molecular weight is 387 g/mol. The fourth-order valence-corrected chi connectivity index (χ4v) is 2.77. The number of hydrogen-bond donors (Lipinski definition) is 0. The molecule has 0 radical (unpaired) electrons. The molecule has 0 aliphatic rings. The van der Waals surface area contributed by atoms with E-state index < -0.39 is 5.82 Å². The van der Waals surface area contributed by atoms with E-state index in [2.05, 4.69) is 4.98 Å². The number of nitrogens with zero attached hydrogens (tertiary/aromatic N) is 1. The first-order chi connectivity index (χ1) is 11.0. The van der Waals surface area contributed by atoms with Crippen molar-refractivity contribution in [2.24, 2.45) is 0 Å². The van der Waals surface area contributed by atoms with Crippen LogP contribution in [-0.2, 0) is 0 Å². The Morgan fingerprint density at radius 1 is 0.652 bits per heavy atom. The van der Waals surface area contributed by atoms with Crippen molar-refractivity contribution in [3.8, 4) is 22.3 Å². The van der Waals surface area contributed by atoms with Gasteiger partial charge in [0.2, 0.25) is 0 Å². The Morgan fingerprint density at radius 3 is 1.48 bits per heavy atom. The van der Waals surface area contributed by atoms with Crippen LogP contribution >= 0.6 is 46.4 Å². The normalized spacial score (nSPS) is 10.8. The molecule has 0 N–H and O–H groups in total. The fourth-order valence-electron chi connectivity index (χ4n) is 2.17. The number of pyridine rings is 1. The van der Waals surface area contributed by atoms with Gasteiger partial charge in [0.05, 0.1) is 20.1 Å². The molecule has 1 aromatic heterocycles. The van der Waals surface area contributed by atoms with Crippen LogP contribution in [0.1, 0.15) is 0 Å². The molecule has 1 heterocycles. The summed E-state index contributed by atoms with van der Waals surface area (Å²) in [6, 6.07) is 9.81. The van der Waals surface area contributed by atoms with Crippen molar-refractivity contribution in [3.63, 3.8) is 0 Å². The maximum absolute atomic E-state index is 14.9. The molecular formula is C17H8Cl4FN. The Labute approximate surface area is 152 Å². The van der Waals surface area contributed by atoms with Crippen molar-refractivity contribution < 1.29 is 4.39 Å². The van der Waals surface area contributed by atoms with Gasteiger partial charge in [-0.25, -0.2) is 4.39 Å². The predicted octanol–water partition coefficient (Wildman–Crippen LogP) is 7.17. The predicted molar refractivity (Wildman–Crippen MR) is 95.1 cm³/mol. The molecule has 0 amide bonds. The van der Waals surface area contributed by atoms with Crippen LogP contribution in [0, 0.1) is 5.82 Å². The van der Waals surface area contributed by atoms with Crippen molar-refractivity contribution in [3.05, 3.63) is 74.7 Å². The topological polar surface area (TPSA) is 12.9 Å². The zero-order valence-corrected chi connectivity index (χ0v) is 14.5. The van der Waals surface area contributed by atoms with E-state index in [0.717, 1.165) is 0 Å². The lowest BCUT2D eigenvalue weighted by atomic mass is 10.0. The molecular weight excluding hydrogens is 379 g/mol. The molecule has 0 atom stereocenters. The van der Waals surface area contributed by atoms with Crippen LogP contribution in [0.15, 0.2) is 48.8 Å². The summed E-state index contributed by atoms with van der Waals surface area (Å²) in [7, 11) is 0. The van der Waals surface area contributed by atoms with Gasteiger partial charge in [-0.2, -0.15) is 0 Å². The smallest absolute Gasteiger partial charge is 0.141 e. The van der Waals surface area contributed by atoms with Gasteiger partial charge in [0.25, 0.3) is 0 Å². The fraction of sp³-hybridized carbons (Fsp3) is 0. The van der Waals surface area contributed by atoms with E-state index in [0.29, 0.717) is 42.3 Å². The summed E-state index contributed by atoms with van der Waals surface area (Å²) >= 11 is 23.8. The Hall–Kier alpha value is -1.32. The lowest BCUT2D eigenvalue weighted by Gasteiger charge is -2.10. The van der Waals surface area contributed by atoms with E-state index in [-0.39, 0.29) is 0 Å². The van der Waals surface area contributed by atoms with Gasteiger partial charge in [-0.1, -0.05) is 58.5 Å². The van der Waals surface area contributed by atoms with Crippen LogP contribution in [0.4, 0.5) is 4.39 Å². The molecule has 1 nitrogen and oxygen atoms in total. The Kier molecular flexibility index (Phi) is 4.79. The van der Waals surface area contributed by atoms with E-state index in [4.69, 9.17) is 46.4 Å². The van der Waals surface area contributed by atoms with Gasteiger partial charge in [-0.05, 0) is 35.4 Å². The molecule has 2 aromatic carbocycles. The van der Waals surface area contributed by atoms with Gasteiger partial charge >= 0.3 is 0 Å². The minimum atomic E-state index is -0.420. The van der Waals surface area contributed by atoms with Crippen LogP contribution in [0.3, 0.4) is 0 Å². The first-order valence-electron chi connectivity index (χ1n) is 6.51. The summed E-state index contributed by atoms with van der Waals surface area (Å²) in [5, 5.41) is 1.51. The molecule has 0 fully saturated rings. The first kappa shape index (κ1) is 16.5. The first-order valence-corrected chi connectivity index (χ1v) is 8.03. The van der Waals surface area contributed by atoms with E-state index in [1.165, 1.54) is 12.4 Å². The minimum absolute atomic E-state index is 0.326. The summed E-state index contributed by atoms with van der Waals surface area (Å²) < 4.78 is 14.9. The number of rotatable bonds is 2. The van der Waals surface area contributed by atoms with Crippen molar-refractivity contribution in [2.45, 2.75) is 0 Å². The minimum Gasteiger partial charge on any atom is -0.263 e. The number of aromatic nitrogens is 1. The number of halogens is 5. The quantitative estimate of drug-likeness (QED) is 0.454. The summed E-state index contributed by atoms with van der Waals surface area (Å²) in [4.78, 5) is 4.11. The molecule has 0 saturated carbocycles. The second-order valence-electron chi connectivity index (χ2n) is 4.81. The lowest BCUT2D eigenvalue weighted by molar-refractivity contribution is 0.633. The summed E-state index contributed by atoms with van der Waals surface area (Å²) in [5.74, 6) is -0.420. The van der Waals surface area contributed by atoms with Gasteiger partial charge in [-0.3, -0.25) is 4.98 Å². The third-order valence-electron chi connectivity index (χ3n) is 3.34. The molecule has 116 valence electrons. The van der Waals surface area contributed by atoms with E-state index in [1.807, 2.05) is 0 Å². The van der Waals surface area contributed by atoms with Crippen LogP contribution in [0.5, 0.6) is 0 Å². The third kappa shape index (κ3) is 3.31. The standard InChI is InChI=1S/C17H8Cl4FN/c18-13-3-1-9(5-15(13)20)11-7-23-8-12(17(11)22)10-2-4-14(19)16(21)6-10/h1-8H. The zero-order chi connectivity index (χ0) is 16.6. The monoisotopic (exact) mass is 385 g/mol. The van der Waals surface area contributed by atoms with E-state index >= 15 is 0 Å². The highest BCUT2D eigenvalue weighted by atomic mass is 35.5. The highest BCUT2D eigenvalue weighted by Crippen LogP contribution is 2.35. The highest BCUT2D eigenvalue weighted by molar-refractivity contribution is 6.42. The molecule has 0 unspecified atom stereocenters. The van der Waals surface area contributed by atoms with Gasteiger partial charge in [0, 0.05) is 23.5 Å². The second-order valence-corrected chi connectivity index (χ2v) is 6.44. The summed E-state index contributed by atoms with van der Waals surface area (Å²) in [5.41, 5.74) is 1.83. The SMILES string of the molecule is Fc1c(-c2ccc(Cl)c(Cl)c2)cncc1-c1ccc(Cl)c(Cl)c1. The van der Waals surface area contributed by atoms with Gasteiger partial charge in [0.1, 0.15) is 5.82 Å². The molecule has 0 aliphatic heterocycles. The average Bonchev–Trinajstić information content (AvgIpc) is 2.53. The third-order valence-corrected chi connectivity index (χ3v) is 4.82. The largest absolute Gasteiger partial charge is 0.263 e. The molecule has 23 heavy (non-hydrogen) atoms. The molecule has 0 aliphatic carbocycles. The van der Waals surface area contributed by atoms with Crippen LogP contribution in [-0.4, -0.2) is 4.98 Å². The lowest BCUT2D eigenvalue weighted by Crippen LogP contribution is -1.92. The summed E-state index contributed by atoms with van der Waals surface area (Å²) in [6.45, 7) is 0. The van der Waals surface area contributed by atoms with Crippen LogP contribution in [0.25, 0.3) is 22.3 Å². The van der Waals surface area contributed by atoms with Gasteiger partial charge in [0.15, 0.2) is 0 Å². The Morgan fingerprint density at radius 2 is 1.09 bits per heavy atom. The molecule has 0 saturated heterocycles. The van der Waals surface area contributed by atoms with Gasteiger partial charge < -0.3 is 0 Å². The second kappa shape index (κ2) is 6.66. The van der Waals surface area contributed by atoms with Crippen molar-refractivity contribution >= 4 is 46.4 Å². The van der Waals surface area contributed by atoms with Gasteiger partial charge in [-0.15, -0.1) is 0 Å². The highest BCUT2D eigenvalue weighted by Gasteiger charge is 2.14. The van der Waals surface area contributed by atoms with Crippen molar-refractivity contribution in [1.82, 2.24) is 4.98 Å². The van der Waals surface area contributed by atoms with Crippen LogP contribution in [0.2, 0.25) is 20.1 Å². The maximum Gasteiger partial charge on any atom is 0.141 e. The zero-order valence-electron chi connectivity index (χ0n) is 11.5. The maximum atomic E-state index is 14.9. The number of benzene rings is 2.